The fourth-order valence-electron chi connectivity index (χ4n) is 2.22. The maximum absolute atomic E-state index is 12.7. The van der Waals surface area contributed by atoms with Gasteiger partial charge in [0.05, 0.1) is 5.69 Å². The van der Waals surface area contributed by atoms with Crippen molar-refractivity contribution in [1.82, 2.24) is 15.1 Å². The van der Waals surface area contributed by atoms with Crippen molar-refractivity contribution in [3.8, 4) is 0 Å². The van der Waals surface area contributed by atoms with Crippen LogP contribution in [0.15, 0.2) is 6.07 Å². The first kappa shape index (κ1) is 12.4. The number of nitrogens with one attached hydrogen (secondary N) is 1. The zero-order chi connectivity index (χ0) is 12.5. The Bertz CT molecular complexity index is 378. The zero-order valence-corrected chi connectivity index (χ0v) is 9.72. The summed E-state index contributed by atoms with van der Waals surface area (Å²) in [5.41, 5.74) is -0.209. The summed E-state index contributed by atoms with van der Waals surface area (Å²) in [4.78, 5) is 0. The van der Waals surface area contributed by atoms with Gasteiger partial charge < -0.3 is 5.32 Å². The highest BCUT2D eigenvalue weighted by atomic mass is 19.4. The van der Waals surface area contributed by atoms with Gasteiger partial charge in [-0.2, -0.15) is 18.3 Å². The van der Waals surface area contributed by atoms with Crippen LogP contribution < -0.4 is 5.32 Å². The van der Waals surface area contributed by atoms with Crippen LogP contribution >= 0.6 is 0 Å². The highest BCUT2D eigenvalue weighted by Crippen LogP contribution is 2.30. The molecule has 1 fully saturated rings. The molecule has 0 bridgehead atoms. The highest BCUT2D eigenvalue weighted by molar-refractivity contribution is 5.12. The second-order valence-corrected chi connectivity index (χ2v) is 4.54. The molecule has 17 heavy (non-hydrogen) atoms. The summed E-state index contributed by atoms with van der Waals surface area (Å²) < 4.78 is 39.3. The molecular formula is C11H16F3N3. The molecule has 2 heterocycles. The van der Waals surface area contributed by atoms with Crippen LogP contribution in [0.3, 0.4) is 0 Å². The van der Waals surface area contributed by atoms with Gasteiger partial charge in [0, 0.05) is 6.54 Å². The molecule has 0 aliphatic carbocycles. The van der Waals surface area contributed by atoms with Gasteiger partial charge in [0.2, 0.25) is 0 Å². The van der Waals surface area contributed by atoms with Gasteiger partial charge in [0.15, 0.2) is 0 Å². The Hall–Kier alpha value is -1.04. The summed E-state index contributed by atoms with van der Waals surface area (Å²) >= 11 is 0. The molecule has 0 saturated carbocycles. The molecule has 1 saturated heterocycles. The molecule has 0 radical (unpaired) electrons. The van der Waals surface area contributed by atoms with Gasteiger partial charge in [0.1, 0.15) is 5.69 Å². The van der Waals surface area contributed by atoms with Gasteiger partial charge in [-0.3, -0.25) is 4.68 Å². The average Bonchev–Trinajstić information content (AvgIpc) is 2.60. The van der Waals surface area contributed by atoms with Crippen LogP contribution in [0, 0.1) is 12.8 Å². The molecule has 0 atom stereocenters. The molecule has 1 aromatic rings. The van der Waals surface area contributed by atoms with Gasteiger partial charge in [-0.1, -0.05) is 0 Å². The Kier molecular flexibility index (Phi) is 3.42. The number of rotatable bonds is 2. The van der Waals surface area contributed by atoms with E-state index < -0.39 is 11.9 Å². The van der Waals surface area contributed by atoms with Crippen molar-refractivity contribution in [1.29, 1.82) is 0 Å². The standard InChI is InChI=1S/C11H16F3N3/c1-8-6-10(11(12,13)14)17(16-8)7-9-2-4-15-5-3-9/h6,9,15H,2-5,7H2,1H3. The van der Waals surface area contributed by atoms with E-state index in [1.54, 1.807) is 6.92 Å². The Morgan fingerprint density at radius 3 is 2.65 bits per heavy atom. The predicted molar refractivity (Wildman–Crippen MR) is 57.6 cm³/mol. The fraction of sp³-hybridized carbons (Fsp3) is 0.727. The molecule has 0 unspecified atom stereocenters. The van der Waals surface area contributed by atoms with E-state index in [1.807, 2.05) is 0 Å². The van der Waals surface area contributed by atoms with Gasteiger partial charge in [-0.05, 0) is 44.8 Å². The number of halogens is 3. The maximum Gasteiger partial charge on any atom is 0.433 e. The highest BCUT2D eigenvalue weighted by Gasteiger charge is 2.35. The third kappa shape index (κ3) is 3.00. The minimum atomic E-state index is -4.31. The lowest BCUT2D eigenvalue weighted by molar-refractivity contribution is -0.144. The summed E-state index contributed by atoms with van der Waals surface area (Å²) in [6.45, 7) is 3.72. The average molecular weight is 247 g/mol. The van der Waals surface area contributed by atoms with Gasteiger partial charge in [0.25, 0.3) is 0 Å². The molecule has 2 rings (SSSR count). The van der Waals surface area contributed by atoms with Crippen LogP contribution in [0.2, 0.25) is 0 Å². The van der Waals surface area contributed by atoms with E-state index in [2.05, 4.69) is 10.4 Å². The number of aromatic nitrogens is 2. The van der Waals surface area contributed by atoms with E-state index in [1.165, 1.54) is 0 Å². The SMILES string of the molecule is Cc1cc(C(F)(F)F)n(CC2CCNCC2)n1. The Balaban J connectivity index is 2.14. The molecule has 96 valence electrons. The second kappa shape index (κ2) is 4.68. The van der Waals surface area contributed by atoms with Crippen LogP contribution in [0.1, 0.15) is 24.2 Å². The lowest BCUT2D eigenvalue weighted by Gasteiger charge is -2.23. The third-order valence-electron chi connectivity index (χ3n) is 3.08. The summed E-state index contributed by atoms with van der Waals surface area (Å²) in [6.07, 6.45) is -2.49. The number of hydrogen-bond acceptors (Lipinski definition) is 2. The number of piperidine rings is 1. The first-order chi connectivity index (χ1) is 7.97. The van der Waals surface area contributed by atoms with Crippen molar-refractivity contribution in [3.05, 3.63) is 17.5 Å². The lowest BCUT2D eigenvalue weighted by Crippen LogP contribution is -2.31. The van der Waals surface area contributed by atoms with E-state index in [0.29, 0.717) is 12.2 Å². The second-order valence-electron chi connectivity index (χ2n) is 4.54. The van der Waals surface area contributed by atoms with E-state index in [4.69, 9.17) is 0 Å². The number of aryl methyl sites for hydroxylation is 1. The molecule has 1 aliphatic heterocycles. The Morgan fingerprint density at radius 2 is 2.06 bits per heavy atom. The minimum Gasteiger partial charge on any atom is -0.317 e. The molecule has 0 aromatic carbocycles. The molecule has 1 aliphatic rings. The summed E-state index contributed by atoms with van der Waals surface area (Å²) in [7, 11) is 0. The van der Waals surface area contributed by atoms with Crippen molar-refractivity contribution >= 4 is 0 Å². The lowest BCUT2D eigenvalue weighted by atomic mass is 9.98. The van der Waals surface area contributed by atoms with Gasteiger partial charge in [-0.15, -0.1) is 0 Å². The van der Waals surface area contributed by atoms with Gasteiger partial charge >= 0.3 is 6.18 Å². The van der Waals surface area contributed by atoms with E-state index in [-0.39, 0.29) is 5.92 Å². The summed E-state index contributed by atoms with van der Waals surface area (Å²) in [5, 5.41) is 7.15. The van der Waals surface area contributed by atoms with Crippen molar-refractivity contribution in [2.24, 2.45) is 5.92 Å². The topological polar surface area (TPSA) is 29.9 Å². The van der Waals surface area contributed by atoms with Gasteiger partial charge in [-0.25, -0.2) is 0 Å². The molecule has 1 aromatic heterocycles. The molecule has 3 nitrogen and oxygen atoms in total. The molecule has 1 N–H and O–H groups in total. The predicted octanol–water partition coefficient (Wildman–Crippen LogP) is 2.21. The van der Waals surface area contributed by atoms with Crippen LogP contribution in [0.4, 0.5) is 13.2 Å². The largest absolute Gasteiger partial charge is 0.433 e. The van der Waals surface area contributed by atoms with Crippen LogP contribution in [-0.4, -0.2) is 22.9 Å². The normalized spacial score (nSPS) is 18.6. The molecular weight excluding hydrogens is 231 g/mol. The van der Waals surface area contributed by atoms with Crippen molar-refractivity contribution in [2.75, 3.05) is 13.1 Å². The zero-order valence-electron chi connectivity index (χ0n) is 9.72. The minimum absolute atomic E-state index is 0.289. The van der Waals surface area contributed by atoms with E-state index in [0.717, 1.165) is 36.7 Å². The monoisotopic (exact) mass is 247 g/mol. The Morgan fingerprint density at radius 1 is 1.41 bits per heavy atom. The van der Waals surface area contributed by atoms with Crippen LogP contribution in [0.25, 0.3) is 0 Å². The number of alkyl halides is 3. The number of hydrogen-bond donors (Lipinski definition) is 1. The van der Waals surface area contributed by atoms with Crippen molar-refractivity contribution in [2.45, 2.75) is 32.5 Å². The maximum atomic E-state index is 12.7. The summed E-state index contributed by atoms with van der Waals surface area (Å²) in [6, 6.07) is 1.11. The number of nitrogens with zero attached hydrogens (tertiary/aromatic N) is 2. The van der Waals surface area contributed by atoms with Crippen molar-refractivity contribution < 1.29 is 13.2 Å². The van der Waals surface area contributed by atoms with Crippen LogP contribution in [0.5, 0.6) is 0 Å². The summed E-state index contributed by atoms with van der Waals surface area (Å²) in [5.74, 6) is 0.289. The Labute approximate surface area is 98.0 Å². The van der Waals surface area contributed by atoms with Crippen LogP contribution in [-0.2, 0) is 12.7 Å². The molecule has 0 spiro atoms. The fourth-order valence-corrected chi connectivity index (χ4v) is 2.22. The molecule has 6 heteroatoms. The third-order valence-corrected chi connectivity index (χ3v) is 3.08. The van der Waals surface area contributed by atoms with E-state index in [9.17, 15) is 13.2 Å². The molecule has 0 amide bonds. The van der Waals surface area contributed by atoms with E-state index >= 15 is 0 Å². The quantitative estimate of drug-likeness (QED) is 0.868. The van der Waals surface area contributed by atoms with Crippen molar-refractivity contribution in [3.63, 3.8) is 0 Å². The first-order valence-electron chi connectivity index (χ1n) is 5.79. The smallest absolute Gasteiger partial charge is 0.317 e. The first-order valence-corrected chi connectivity index (χ1v) is 5.79.